The third-order valence-electron chi connectivity index (χ3n) is 11.1. The summed E-state index contributed by atoms with van der Waals surface area (Å²) < 4.78 is 0. The van der Waals surface area contributed by atoms with Crippen LogP contribution in [0.4, 0.5) is 34.4 Å². The lowest BCUT2D eigenvalue weighted by Crippen LogP contribution is -2.63. The highest BCUT2D eigenvalue weighted by atomic mass is 15.3. The second kappa shape index (κ2) is 11.6. The molecule has 10 aromatic rings. The molecule has 254 valence electrons. The van der Waals surface area contributed by atoms with E-state index in [0.29, 0.717) is 0 Å². The van der Waals surface area contributed by atoms with Crippen LogP contribution in [-0.2, 0) is 0 Å². The first kappa shape index (κ1) is 30.1. The lowest BCUT2D eigenvalue weighted by atomic mass is 9.37. The molecule has 0 saturated carbocycles. The van der Waals surface area contributed by atoms with Gasteiger partial charge in [0.05, 0.1) is 33.3 Å². The maximum atomic E-state index is 5.58. The Bertz CT molecular complexity index is 2980. The Labute approximate surface area is 317 Å². The number of benzene rings is 8. The van der Waals surface area contributed by atoms with Gasteiger partial charge >= 0.3 is 6.71 Å². The predicted octanol–water partition coefficient (Wildman–Crippen LogP) is 9.63. The fourth-order valence-electron chi connectivity index (χ4n) is 8.60. The Morgan fingerprint density at radius 1 is 0.345 bits per heavy atom. The molecule has 0 saturated heterocycles. The van der Waals surface area contributed by atoms with E-state index in [1.54, 1.807) is 0 Å². The predicted molar refractivity (Wildman–Crippen MR) is 227 cm³/mol. The first-order valence-electron chi connectivity index (χ1n) is 18.6. The topological polar surface area (TPSA) is 58.0 Å². The highest BCUT2D eigenvalue weighted by Crippen LogP contribution is 2.45. The molecule has 12 rings (SSSR count). The molecule has 0 aliphatic carbocycles. The molecular formula is C48H29BN6. The Hall–Kier alpha value is -7.38. The summed E-state index contributed by atoms with van der Waals surface area (Å²) in [6.45, 7) is -0.341. The van der Waals surface area contributed by atoms with E-state index in [1.165, 1.54) is 0 Å². The molecule has 0 amide bonds. The fourth-order valence-corrected chi connectivity index (χ4v) is 8.60. The van der Waals surface area contributed by atoms with Crippen molar-refractivity contribution in [2.24, 2.45) is 0 Å². The Morgan fingerprint density at radius 2 is 0.709 bits per heavy atom. The van der Waals surface area contributed by atoms with Gasteiger partial charge in [-0.25, -0.2) is 9.97 Å². The Morgan fingerprint density at radius 3 is 1.13 bits per heavy atom. The number of aromatic nitrogens is 4. The molecule has 55 heavy (non-hydrogen) atoms. The minimum absolute atomic E-state index is 0.341. The second-order valence-corrected chi connectivity index (χ2v) is 14.3. The van der Waals surface area contributed by atoms with Crippen LogP contribution in [0.5, 0.6) is 0 Å². The molecule has 2 aliphatic rings. The molecule has 4 heterocycles. The average Bonchev–Trinajstić information content (AvgIpc) is 3.24. The zero-order chi connectivity index (χ0) is 36.0. The van der Waals surface area contributed by atoms with E-state index in [2.05, 4.69) is 186 Å². The standard InChI is InChI=1S/C48H29BN6/c1-4-14-30(15-5-1)35-28-42-44-43(29-35)55(37-22-8-3-9-23-37)48-46(51-39-25-32-17-11-13-19-34(32)27-41(39)53-48)49(44)45-47(54(42)36-20-6-2-7-21-36)52-40-26-33-18-12-10-16-31(33)24-38(40)50-45/h1-29H. The third-order valence-corrected chi connectivity index (χ3v) is 11.1. The van der Waals surface area contributed by atoms with Crippen molar-refractivity contribution in [3.63, 3.8) is 0 Å². The van der Waals surface area contributed by atoms with Crippen molar-refractivity contribution < 1.29 is 0 Å². The summed E-state index contributed by atoms with van der Waals surface area (Å²) in [5.41, 5.74) is 12.6. The quantitative estimate of drug-likeness (QED) is 0.135. The zero-order valence-electron chi connectivity index (χ0n) is 29.5. The highest BCUT2D eigenvalue weighted by Gasteiger charge is 2.47. The van der Waals surface area contributed by atoms with E-state index in [9.17, 15) is 0 Å². The van der Waals surface area contributed by atoms with Crippen molar-refractivity contribution in [1.82, 2.24) is 19.9 Å². The zero-order valence-corrected chi connectivity index (χ0v) is 29.5. The molecule has 0 fully saturated rings. The fraction of sp³-hybridized carbons (Fsp3) is 0. The number of fused-ring (bicyclic) bond motifs is 8. The number of para-hydroxylation sites is 2. The summed E-state index contributed by atoms with van der Waals surface area (Å²) >= 11 is 0. The normalized spacial score (nSPS) is 13.0. The highest BCUT2D eigenvalue weighted by molar-refractivity contribution is 6.99. The molecule has 7 heteroatoms. The van der Waals surface area contributed by atoms with E-state index in [4.69, 9.17) is 19.9 Å². The van der Waals surface area contributed by atoms with Gasteiger partial charge in [0, 0.05) is 22.7 Å². The van der Waals surface area contributed by atoms with Gasteiger partial charge in [-0.05, 0) is 98.8 Å². The molecule has 8 aromatic carbocycles. The van der Waals surface area contributed by atoms with Gasteiger partial charge in [0.25, 0.3) is 0 Å². The van der Waals surface area contributed by atoms with Crippen LogP contribution in [0.2, 0.25) is 0 Å². The summed E-state index contributed by atoms with van der Waals surface area (Å²) in [7, 11) is 0. The van der Waals surface area contributed by atoms with Gasteiger partial charge in [-0.1, -0.05) is 115 Å². The molecule has 0 radical (unpaired) electrons. The van der Waals surface area contributed by atoms with Crippen LogP contribution in [0.3, 0.4) is 0 Å². The summed E-state index contributed by atoms with van der Waals surface area (Å²) in [5, 5.41) is 4.52. The minimum atomic E-state index is -0.341. The van der Waals surface area contributed by atoms with Crippen LogP contribution < -0.4 is 26.4 Å². The number of hydrogen-bond donors (Lipinski definition) is 0. The van der Waals surface area contributed by atoms with Crippen LogP contribution in [0.1, 0.15) is 0 Å². The lowest BCUT2D eigenvalue weighted by molar-refractivity contribution is 1.16. The van der Waals surface area contributed by atoms with Crippen molar-refractivity contribution in [2.45, 2.75) is 0 Å². The van der Waals surface area contributed by atoms with Crippen LogP contribution >= 0.6 is 0 Å². The minimum Gasteiger partial charge on any atom is -0.295 e. The SMILES string of the molecule is c1ccc(-c2cc3c4c(c2)N(c2ccccc2)c2nc5cc6ccccc6cc5nc2B4c2nc4cc5ccccc5cc4nc2N3c2ccccc2)cc1. The average molecular weight is 701 g/mol. The largest absolute Gasteiger partial charge is 0.302 e. The molecule has 0 spiro atoms. The molecular weight excluding hydrogens is 671 g/mol. The van der Waals surface area contributed by atoms with E-state index in [-0.39, 0.29) is 6.71 Å². The van der Waals surface area contributed by atoms with E-state index in [1.807, 2.05) is 0 Å². The number of rotatable bonds is 3. The van der Waals surface area contributed by atoms with Crippen LogP contribution in [-0.4, -0.2) is 26.6 Å². The van der Waals surface area contributed by atoms with E-state index < -0.39 is 0 Å². The van der Waals surface area contributed by atoms with Gasteiger partial charge in [-0.3, -0.25) is 19.8 Å². The molecule has 0 bridgehead atoms. The molecule has 6 nitrogen and oxygen atoms in total. The number of nitrogens with zero attached hydrogens (tertiary/aromatic N) is 6. The maximum absolute atomic E-state index is 5.58. The van der Waals surface area contributed by atoms with Crippen LogP contribution in [0.15, 0.2) is 176 Å². The van der Waals surface area contributed by atoms with Gasteiger partial charge in [0.2, 0.25) is 0 Å². The summed E-state index contributed by atoms with van der Waals surface area (Å²) in [5.74, 6) is 1.59. The van der Waals surface area contributed by atoms with E-state index in [0.717, 1.165) is 106 Å². The van der Waals surface area contributed by atoms with Crippen molar-refractivity contribution in [1.29, 1.82) is 0 Å². The summed E-state index contributed by atoms with van der Waals surface area (Å²) in [4.78, 5) is 26.8. The van der Waals surface area contributed by atoms with Crippen molar-refractivity contribution in [3.8, 4) is 11.1 Å². The first-order valence-corrected chi connectivity index (χ1v) is 18.6. The molecule has 0 N–H and O–H groups in total. The molecule has 2 aliphatic heterocycles. The Balaban J connectivity index is 1.25. The Kier molecular flexibility index (Phi) is 6.33. The van der Waals surface area contributed by atoms with Crippen molar-refractivity contribution in [2.75, 3.05) is 9.80 Å². The lowest BCUT2D eigenvalue weighted by Gasteiger charge is -2.42. The van der Waals surface area contributed by atoms with Gasteiger partial charge in [-0.15, -0.1) is 0 Å². The first-order chi connectivity index (χ1) is 27.2. The van der Waals surface area contributed by atoms with Gasteiger partial charge in [0.15, 0.2) is 11.6 Å². The van der Waals surface area contributed by atoms with Crippen LogP contribution in [0.25, 0.3) is 54.7 Å². The third kappa shape index (κ3) is 4.56. The van der Waals surface area contributed by atoms with Gasteiger partial charge in [-0.2, -0.15) is 0 Å². The molecule has 0 unspecified atom stereocenters. The number of anilines is 6. The molecule has 2 aromatic heterocycles. The number of hydrogen-bond acceptors (Lipinski definition) is 6. The van der Waals surface area contributed by atoms with Gasteiger partial charge < -0.3 is 0 Å². The van der Waals surface area contributed by atoms with Crippen molar-refractivity contribution in [3.05, 3.63) is 176 Å². The van der Waals surface area contributed by atoms with Crippen LogP contribution in [0, 0.1) is 0 Å². The van der Waals surface area contributed by atoms with Crippen molar-refractivity contribution >= 4 is 101 Å². The van der Waals surface area contributed by atoms with Gasteiger partial charge in [0.1, 0.15) is 0 Å². The monoisotopic (exact) mass is 700 g/mol. The summed E-state index contributed by atoms with van der Waals surface area (Å²) in [6.07, 6.45) is 0. The smallest absolute Gasteiger partial charge is 0.295 e. The molecule has 0 atom stereocenters. The van der Waals surface area contributed by atoms with E-state index >= 15 is 0 Å². The maximum Gasteiger partial charge on any atom is 0.302 e. The summed E-state index contributed by atoms with van der Waals surface area (Å²) in [6, 6.07) is 61.8. The second-order valence-electron chi connectivity index (χ2n) is 14.3.